The van der Waals surface area contributed by atoms with Gasteiger partial charge in [-0.2, -0.15) is 0 Å². The van der Waals surface area contributed by atoms with Crippen LogP contribution in [-0.2, 0) is 4.74 Å². The Morgan fingerprint density at radius 3 is 2.39 bits per heavy atom. The van der Waals surface area contributed by atoms with Crippen LogP contribution in [0.15, 0.2) is 24.3 Å². The maximum atomic E-state index is 12.1. The summed E-state index contributed by atoms with van der Waals surface area (Å²) in [5, 5.41) is 0. The molecular formula is C13H19FN2O2. The third-order valence-corrected chi connectivity index (χ3v) is 2.76. The highest BCUT2D eigenvalue weighted by molar-refractivity contribution is 5.89. The van der Waals surface area contributed by atoms with Crippen LogP contribution in [0.1, 0.15) is 24.2 Å². The van der Waals surface area contributed by atoms with Gasteiger partial charge < -0.3 is 9.64 Å². The first-order chi connectivity index (χ1) is 8.71. The molecule has 0 spiro atoms. The number of anilines is 1. The maximum absolute atomic E-state index is 12.1. The van der Waals surface area contributed by atoms with Crippen molar-refractivity contribution in [2.45, 2.75) is 13.8 Å². The molecule has 0 radical (unpaired) electrons. The number of hydrogen-bond acceptors (Lipinski definition) is 4. The molecule has 0 atom stereocenters. The first-order valence-electron chi connectivity index (χ1n) is 6.07. The SMILES string of the molecule is CCN(CC)CCOC(=O)c1ccc(NF)cc1. The van der Waals surface area contributed by atoms with Gasteiger partial charge in [-0.25, -0.2) is 10.3 Å². The zero-order chi connectivity index (χ0) is 13.4. The van der Waals surface area contributed by atoms with E-state index >= 15 is 0 Å². The molecule has 1 aromatic carbocycles. The second-order valence-electron chi connectivity index (χ2n) is 3.83. The van der Waals surface area contributed by atoms with Crippen LogP contribution in [0.25, 0.3) is 0 Å². The average molecular weight is 254 g/mol. The van der Waals surface area contributed by atoms with Crippen LogP contribution in [0.3, 0.4) is 0 Å². The fraction of sp³-hybridized carbons (Fsp3) is 0.462. The zero-order valence-electron chi connectivity index (χ0n) is 10.8. The number of carbonyl (C=O) groups is 1. The molecule has 0 unspecified atom stereocenters. The summed E-state index contributed by atoms with van der Waals surface area (Å²) in [7, 11) is 0. The Balaban J connectivity index is 2.40. The first-order valence-corrected chi connectivity index (χ1v) is 6.07. The van der Waals surface area contributed by atoms with Crippen molar-refractivity contribution >= 4 is 11.7 Å². The molecule has 0 bridgehead atoms. The van der Waals surface area contributed by atoms with Crippen molar-refractivity contribution in [2.75, 3.05) is 31.8 Å². The van der Waals surface area contributed by atoms with Gasteiger partial charge in [0.1, 0.15) is 6.61 Å². The number of rotatable bonds is 7. The quantitative estimate of drug-likeness (QED) is 0.599. The molecule has 1 N–H and O–H groups in total. The lowest BCUT2D eigenvalue weighted by atomic mass is 10.2. The van der Waals surface area contributed by atoms with Gasteiger partial charge in [-0.15, -0.1) is 4.48 Å². The minimum absolute atomic E-state index is 0.315. The molecule has 5 heteroatoms. The first kappa shape index (κ1) is 14.4. The third kappa shape index (κ3) is 4.33. The number of benzene rings is 1. The van der Waals surface area contributed by atoms with Crippen LogP contribution in [0.2, 0.25) is 0 Å². The summed E-state index contributed by atoms with van der Waals surface area (Å²) in [6.45, 7) is 7.09. The minimum atomic E-state index is -0.382. The molecule has 4 nitrogen and oxygen atoms in total. The number of likely N-dealkylation sites (N-methyl/N-ethyl adjacent to an activating group) is 1. The molecule has 0 saturated carbocycles. The van der Waals surface area contributed by atoms with E-state index in [4.69, 9.17) is 4.74 Å². The van der Waals surface area contributed by atoms with E-state index in [1.165, 1.54) is 29.8 Å². The van der Waals surface area contributed by atoms with Crippen molar-refractivity contribution in [2.24, 2.45) is 0 Å². The number of ether oxygens (including phenoxy) is 1. The molecule has 100 valence electrons. The minimum Gasteiger partial charge on any atom is -0.461 e. The Bertz CT molecular complexity index is 364. The van der Waals surface area contributed by atoms with Gasteiger partial charge in [0, 0.05) is 6.54 Å². The van der Waals surface area contributed by atoms with Crippen molar-refractivity contribution in [3.63, 3.8) is 0 Å². The normalized spacial score (nSPS) is 10.4. The van der Waals surface area contributed by atoms with Crippen molar-refractivity contribution in [3.05, 3.63) is 29.8 Å². The fourth-order valence-corrected chi connectivity index (χ4v) is 1.56. The molecule has 1 rings (SSSR count). The summed E-state index contributed by atoms with van der Waals surface area (Å²) in [6, 6.07) is 6.03. The highest BCUT2D eigenvalue weighted by atomic mass is 19.2. The Kier molecular flexibility index (Phi) is 6.14. The Labute approximate surface area is 107 Å². The maximum Gasteiger partial charge on any atom is 0.338 e. The third-order valence-electron chi connectivity index (χ3n) is 2.76. The summed E-state index contributed by atoms with van der Waals surface area (Å²) in [5.41, 5.74) is 2.25. The molecule has 0 saturated heterocycles. The Morgan fingerprint density at radius 2 is 1.89 bits per heavy atom. The molecule has 18 heavy (non-hydrogen) atoms. The van der Waals surface area contributed by atoms with E-state index in [9.17, 15) is 9.28 Å². The van der Waals surface area contributed by atoms with E-state index in [-0.39, 0.29) is 5.97 Å². The van der Waals surface area contributed by atoms with Gasteiger partial charge in [0.05, 0.1) is 11.3 Å². The van der Waals surface area contributed by atoms with E-state index in [1.54, 1.807) is 0 Å². The lowest BCUT2D eigenvalue weighted by Gasteiger charge is -2.17. The van der Waals surface area contributed by atoms with E-state index < -0.39 is 0 Å². The van der Waals surface area contributed by atoms with Gasteiger partial charge in [0.2, 0.25) is 0 Å². The van der Waals surface area contributed by atoms with Gasteiger partial charge in [-0.1, -0.05) is 13.8 Å². The van der Waals surface area contributed by atoms with Crippen LogP contribution in [-0.4, -0.2) is 37.1 Å². The standard InChI is InChI=1S/C13H19FN2O2/c1-3-16(4-2)9-10-18-13(17)11-5-7-12(15-14)8-6-11/h5-8,15H,3-4,9-10H2,1-2H3. The van der Waals surface area contributed by atoms with Crippen LogP contribution in [0.4, 0.5) is 10.2 Å². The van der Waals surface area contributed by atoms with Crippen LogP contribution in [0, 0.1) is 0 Å². The predicted octanol–water partition coefficient (Wildman–Crippen LogP) is 2.48. The summed E-state index contributed by atoms with van der Waals surface area (Å²) >= 11 is 0. The smallest absolute Gasteiger partial charge is 0.338 e. The van der Waals surface area contributed by atoms with Crippen LogP contribution < -0.4 is 5.54 Å². The van der Waals surface area contributed by atoms with Crippen LogP contribution >= 0.6 is 0 Å². The van der Waals surface area contributed by atoms with Crippen molar-refractivity contribution < 1.29 is 14.0 Å². The van der Waals surface area contributed by atoms with Gasteiger partial charge >= 0.3 is 5.97 Å². The molecule has 0 aromatic heterocycles. The Hall–Kier alpha value is -1.62. The molecule has 0 heterocycles. The number of carbonyl (C=O) groups excluding carboxylic acids is 1. The summed E-state index contributed by atoms with van der Waals surface area (Å²) in [4.78, 5) is 13.8. The summed E-state index contributed by atoms with van der Waals surface area (Å²) < 4.78 is 17.2. The summed E-state index contributed by atoms with van der Waals surface area (Å²) in [5.74, 6) is -0.382. The van der Waals surface area contributed by atoms with Gasteiger partial charge in [-0.3, -0.25) is 0 Å². The van der Waals surface area contributed by atoms with Crippen molar-refractivity contribution in [1.82, 2.24) is 4.90 Å². The fourth-order valence-electron chi connectivity index (χ4n) is 1.56. The van der Waals surface area contributed by atoms with E-state index in [2.05, 4.69) is 18.7 Å². The highest BCUT2D eigenvalue weighted by Gasteiger charge is 2.07. The molecule has 0 fully saturated rings. The highest BCUT2D eigenvalue weighted by Crippen LogP contribution is 2.10. The van der Waals surface area contributed by atoms with Gasteiger partial charge in [0.25, 0.3) is 0 Å². The summed E-state index contributed by atoms with van der Waals surface area (Å²) in [6.07, 6.45) is 0. The number of nitrogens with one attached hydrogen (secondary N) is 1. The lowest BCUT2D eigenvalue weighted by Crippen LogP contribution is -2.27. The van der Waals surface area contributed by atoms with Gasteiger partial charge in [0.15, 0.2) is 0 Å². The van der Waals surface area contributed by atoms with Crippen molar-refractivity contribution in [1.29, 1.82) is 0 Å². The van der Waals surface area contributed by atoms with Crippen molar-refractivity contribution in [3.8, 4) is 0 Å². The van der Waals surface area contributed by atoms with E-state index in [1.807, 2.05) is 0 Å². The van der Waals surface area contributed by atoms with Crippen LogP contribution in [0.5, 0.6) is 0 Å². The van der Waals surface area contributed by atoms with E-state index in [0.29, 0.717) is 17.9 Å². The molecule has 0 aliphatic rings. The second-order valence-corrected chi connectivity index (χ2v) is 3.83. The number of halogens is 1. The van der Waals surface area contributed by atoms with Gasteiger partial charge in [-0.05, 0) is 37.4 Å². The predicted molar refractivity (Wildman–Crippen MR) is 69.2 cm³/mol. The topological polar surface area (TPSA) is 41.6 Å². The number of nitrogens with zero attached hydrogens (tertiary/aromatic N) is 1. The Morgan fingerprint density at radius 1 is 1.28 bits per heavy atom. The average Bonchev–Trinajstić information content (AvgIpc) is 2.43. The molecule has 1 aromatic rings. The monoisotopic (exact) mass is 254 g/mol. The van der Waals surface area contributed by atoms with E-state index in [0.717, 1.165) is 19.6 Å². The largest absolute Gasteiger partial charge is 0.461 e. The molecule has 0 aliphatic carbocycles. The lowest BCUT2D eigenvalue weighted by molar-refractivity contribution is 0.0466. The molecule has 0 amide bonds. The number of hydrogen-bond donors (Lipinski definition) is 1. The second kappa shape index (κ2) is 7.66. The molecule has 0 aliphatic heterocycles. The zero-order valence-corrected chi connectivity index (χ0v) is 10.8. The number of esters is 1. The molecular weight excluding hydrogens is 235 g/mol.